The summed E-state index contributed by atoms with van der Waals surface area (Å²) in [6.07, 6.45) is 0. The van der Waals surface area contributed by atoms with Gasteiger partial charge in [-0.1, -0.05) is 13.0 Å². The zero-order valence-electron chi connectivity index (χ0n) is 10.4. The molecule has 0 amide bonds. The summed E-state index contributed by atoms with van der Waals surface area (Å²) >= 11 is 0. The van der Waals surface area contributed by atoms with Gasteiger partial charge in [0.05, 0.1) is 0 Å². The normalized spacial score (nSPS) is 11.6. The monoisotopic (exact) mass is 225 g/mol. The molecule has 0 atom stereocenters. The van der Waals surface area contributed by atoms with Crippen LogP contribution in [0.15, 0.2) is 18.2 Å². The molecule has 16 heavy (non-hydrogen) atoms. The second kappa shape index (κ2) is 5.30. The van der Waals surface area contributed by atoms with Crippen molar-refractivity contribution in [2.24, 2.45) is 0 Å². The molecule has 0 saturated carbocycles. The van der Waals surface area contributed by atoms with E-state index < -0.39 is 0 Å². The van der Waals surface area contributed by atoms with Crippen molar-refractivity contribution in [2.75, 3.05) is 13.1 Å². The maximum Gasteiger partial charge on any atom is 0.129 e. The summed E-state index contributed by atoms with van der Waals surface area (Å²) < 4.78 is 19.0. The van der Waals surface area contributed by atoms with Crippen LogP contribution in [0.25, 0.3) is 0 Å². The maximum absolute atomic E-state index is 13.3. The van der Waals surface area contributed by atoms with Gasteiger partial charge in [-0.3, -0.25) is 0 Å². The summed E-state index contributed by atoms with van der Waals surface area (Å²) in [5.41, 5.74) is 0.300. The van der Waals surface area contributed by atoms with Gasteiger partial charge in [0.2, 0.25) is 0 Å². The highest BCUT2D eigenvalue weighted by molar-refractivity contribution is 5.28. The zero-order chi connectivity index (χ0) is 12.2. The number of hydrogen-bond acceptors (Lipinski definition) is 2. The molecule has 0 aromatic heterocycles. The molecule has 0 radical (unpaired) electrons. The molecule has 0 heterocycles. The second-order valence-electron chi connectivity index (χ2n) is 4.55. The Hall–Kier alpha value is -1.09. The molecule has 2 nitrogen and oxygen atoms in total. The topological polar surface area (TPSA) is 21.3 Å². The van der Waals surface area contributed by atoms with E-state index in [0.29, 0.717) is 11.3 Å². The fourth-order valence-corrected chi connectivity index (χ4v) is 1.42. The number of aryl methyl sites for hydroxylation is 1. The highest BCUT2D eigenvalue weighted by Crippen LogP contribution is 2.20. The minimum Gasteiger partial charge on any atom is -0.486 e. The number of nitrogens with one attached hydrogen (secondary N) is 1. The van der Waals surface area contributed by atoms with E-state index in [-0.39, 0.29) is 11.4 Å². The summed E-state index contributed by atoms with van der Waals surface area (Å²) in [4.78, 5) is 0. The SMILES string of the molecule is CCNCC(C)(C)Oc1ccc(C)c(F)c1. The van der Waals surface area contributed by atoms with Crippen molar-refractivity contribution in [1.29, 1.82) is 0 Å². The van der Waals surface area contributed by atoms with Crippen molar-refractivity contribution >= 4 is 0 Å². The van der Waals surface area contributed by atoms with Gasteiger partial charge in [0.1, 0.15) is 17.2 Å². The molecule has 0 aliphatic rings. The van der Waals surface area contributed by atoms with E-state index in [0.717, 1.165) is 13.1 Å². The van der Waals surface area contributed by atoms with Gasteiger partial charge in [0, 0.05) is 12.6 Å². The summed E-state index contributed by atoms with van der Waals surface area (Å²) in [6.45, 7) is 9.37. The van der Waals surface area contributed by atoms with Gasteiger partial charge in [-0.25, -0.2) is 4.39 Å². The summed E-state index contributed by atoms with van der Waals surface area (Å²) in [5, 5.41) is 3.22. The second-order valence-corrected chi connectivity index (χ2v) is 4.55. The number of benzene rings is 1. The Balaban J connectivity index is 2.68. The molecule has 3 heteroatoms. The molecule has 0 fully saturated rings. The first-order chi connectivity index (χ1) is 7.44. The predicted molar refractivity (Wildman–Crippen MR) is 64.4 cm³/mol. The van der Waals surface area contributed by atoms with Crippen molar-refractivity contribution in [3.05, 3.63) is 29.6 Å². The third-order valence-electron chi connectivity index (χ3n) is 2.34. The van der Waals surface area contributed by atoms with Crippen LogP contribution in [-0.4, -0.2) is 18.7 Å². The molecule has 0 unspecified atom stereocenters. The first-order valence-corrected chi connectivity index (χ1v) is 5.60. The maximum atomic E-state index is 13.3. The van der Waals surface area contributed by atoms with Crippen molar-refractivity contribution < 1.29 is 9.13 Å². The fourth-order valence-electron chi connectivity index (χ4n) is 1.42. The number of ether oxygens (including phenoxy) is 1. The van der Waals surface area contributed by atoms with Crippen LogP contribution in [0.5, 0.6) is 5.75 Å². The first kappa shape index (κ1) is 13.0. The van der Waals surface area contributed by atoms with E-state index in [1.807, 2.05) is 20.8 Å². The number of halogens is 1. The Labute approximate surface area is 96.8 Å². The van der Waals surface area contributed by atoms with Crippen LogP contribution in [-0.2, 0) is 0 Å². The molecule has 0 aliphatic heterocycles. The van der Waals surface area contributed by atoms with E-state index in [1.54, 1.807) is 19.1 Å². The van der Waals surface area contributed by atoms with E-state index in [4.69, 9.17) is 4.74 Å². The van der Waals surface area contributed by atoms with Crippen molar-refractivity contribution in [3.63, 3.8) is 0 Å². The van der Waals surface area contributed by atoms with Crippen LogP contribution in [0.1, 0.15) is 26.3 Å². The molecular formula is C13H20FNO. The van der Waals surface area contributed by atoms with Crippen molar-refractivity contribution in [1.82, 2.24) is 5.32 Å². The Morgan fingerprint density at radius 1 is 1.38 bits per heavy atom. The fraction of sp³-hybridized carbons (Fsp3) is 0.538. The van der Waals surface area contributed by atoms with Crippen molar-refractivity contribution in [3.8, 4) is 5.75 Å². The Morgan fingerprint density at radius 3 is 2.62 bits per heavy atom. The largest absolute Gasteiger partial charge is 0.486 e. The first-order valence-electron chi connectivity index (χ1n) is 5.60. The number of likely N-dealkylation sites (N-methyl/N-ethyl adjacent to an activating group) is 1. The van der Waals surface area contributed by atoms with Gasteiger partial charge >= 0.3 is 0 Å². The van der Waals surface area contributed by atoms with Crippen molar-refractivity contribution in [2.45, 2.75) is 33.3 Å². The molecule has 0 bridgehead atoms. The Bertz CT molecular complexity index is 350. The van der Waals surface area contributed by atoms with Gasteiger partial charge in [-0.2, -0.15) is 0 Å². The van der Waals surface area contributed by atoms with Crippen LogP contribution in [0.4, 0.5) is 4.39 Å². The number of rotatable bonds is 5. The van der Waals surface area contributed by atoms with Crippen LogP contribution in [0.2, 0.25) is 0 Å². The predicted octanol–water partition coefficient (Wildman–Crippen LogP) is 2.90. The molecule has 90 valence electrons. The third-order valence-corrected chi connectivity index (χ3v) is 2.34. The molecule has 1 rings (SSSR count). The zero-order valence-corrected chi connectivity index (χ0v) is 10.4. The highest BCUT2D eigenvalue weighted by Gasteiger charge is 2.19. The highest BCUT2D eigenvalue weighted by atomic mass is 19.1. The lowest BCUT2D eigenvalue weighted by Crippen LogP contribution is -2.40. The molecule has 0 aliphatic carbocycles. The number of hydrogen-bond donors (Lipinski definition) is 1. The van der Waals surface area contributed by atoms with E-state index in [9.17, 15) is 4.39 Å². The van der Waals surface area contributed by atoms with Gasteiger partial charge in [-0.05, 0) is 38.9 Å². The summed E-state index contributed by atoms with van der Waals surface area (Å²) in [5.74, 6) is 0.350. The minimum absolute atomic E-state index is 0.225. The van der Waals surface area contributed by atoms with Crippen LogP contribution in [0, 0.1) is 12.7 Å². The molecule has 1 N–H and O–H groups in total. The third kappa shape index (κ3) is 3.81. The lowest BCUT2D eigenvalue weighted by Gasteiger charge is -2.26. The van der Waals surface area contributed by atoms with Gasteiger partial charge in [-0.15, -0.1) is 0 Å². The quantitative estimate of drug-likeness (QED) is 0.832. The lowest BCUT2D eigenvalue weighted by atomic mass is 10.1. The molecule has 1 aromatic carbocycles. The van der Waals surface area contributed by atoms with Crippen LogP contribution < -0.4 is 10.1 Å². The average Bonchev–Trinajstić information content (AvgIpc) is 2.20. The van der Waals surface area contributed by atoms with Crippen LogP contribution >= 0.6 is 0 Å². The molecule has 0 spiro atoms. The molecule has 0 saturated heterocycles. The van der Waals surface area contributed by atoms with Crippen LogP contribution in [0.3, 0.4) is 0 Å². The lowest BCUT2D eigenvalue weighted by molar-refractivity contribution is 0.108. The molecule has 1 aromatic rings. The van der Waals surface area contributed by atoms with Gasteiger partial charge in [0.25, 0.3) is 0 Å². The van der Waals surface area contributed by atoms with E-state index in [1.165, 1.54) is 6.07 Å². The van der Waals surface area contributed by atoms with Gasteiger partial charge < -0.3 is 10.1 Å². The smallest absolute Gasteiger partial charge is 0.129 e. The van der Waals surface area contributed by atoms with E-state index in [2.05, 4.69) is 5.32 Å². The standard InChI is InChI=1S/C13H20FNO/c1-5-15-9-13(3,4)16-11-7-6-10(2)12(14)8-11/h6-8,15H,5,9H2,1-4H3. The Kier molecular flexibility index (Phi) is 4.30. The summed E-state index contributed by atoms with van der Waals surface area (Å²) in [7, 11) is 0. The van der Waals surface area contributed by atoms with E-state index >= 15 is 0 Å². The Morgan fingerprint density at radius 2 is 2.06 bits per heavy atom. The summed E-state index contributed by atoms with van der Waals surface area (Å²) in [6, 6.07) is 4.96. The van der Waals surface area contributed by atoms with Gasteiger partial charge in [0.15, 0.2) is 0 Å². The molecular weight excluding hydrogens is 205 g/mol. The minimum atomic E-state index is -0.336. The average molecular weight is 225 g/mol.